The number of nitrogen functional groups attached to an aromatic ring is 1. The summed E-state index contributed by atoms with van der Waals surface area (Å²) >= 11 is 11.9. The van der Waals surface area contributed by atoms with Crippen molar-refractivity contribution >= 4 is 38.9 Å². The van der Waals surface area contributed by atoms with Crippen LogP contribution >= 0.6 is 23.2 Å². The Morgan fingerprint density at radius 2 is 1.81 bits per heavy atom. The SMILES string of the molecule is CN(C)C1CCN(S(=O)(=O)c2ccc(Cl)c(N)c2Cl)CC1. The lowest BCUT2D eigenvalue weighted by atomic mass is 10.1. The van der Waals surface area contributed by atoms with Crippen LogP contribution in [0.25, 0.3) is 0 Å². The standard InChI is InChI=1S/C13H19Cl2N3O2S/c1-17(2)9-5-7-18(8-6-9)21(19,20)11-4-3-10(14)13(16)12(11)15/h3-4,9H,5-8,16H2,1-2H3. The van der Waals surface area contributed by atoms with Crippen LogP contribution in [-0.2, 0) is 10.0 Å². The molecule has 0 atom stereocenters. The van der Waals surface area contributed by atoms with Gasteiger partial charge in [-0.05, 0) is 39.1 Å². The van der Waals surface area contributed by atoms with Gasteiger partial charge in [0.15, 0.2) is 0 Å². The van der Waals surface area contributed by atoms with E-state index >= 15 is 0 Å². The fourth-order valence-electron chi connectivity index (χ4n) is 2.49. The summed E-state index contributed by atoms with van der Waals surface area (Å²) in [6.07, 6.45) is 1.60. The first kappa shape index (κ1) is 16.8. The maximum absolute atomic E-state index is 12.7. The van der Waals surface area contributed by atoms with Gasteiger partial charge in [-0.2, -0.15) is 4.31 Å². The largest absolute Gasteiger partial charge is 0.396 e. The van der Waals surface area contributed by atoms with E-state index in [2.05, 4.69) is 4.90 Å². The summed E-state index contributed by atoms with van der Waals surface area (Å²) in [5.74, 6) is 0. The second-order valence-electron chi connectivity index (χ2n) is 5.37. The number of hydrogen-bond acceptors (Lipinski definition) is 4. The lowest BCUT2D eigenvalue weighted by Gasteiger charge is -2.34. The van der Waals surface area contributed by atoms with E-state index in [4.69, 9.17) is 28.9 Å². The Kier molecular flexibility index (Phi) is 5.05. The summed E-state index contributed by atoms with van der Waals surface area (Å²) < 4.78 is 26.8. The van der Waals surface area contributed by atoms with Crippen molar-refractivity contribution in [2.75, 3.05) is 32.9 Å². The van der Waals surface area contributed by atoms with E-state index in [1.165, 1.54) is 16.4 Å². The van der Waals surface area contributed by atoms with Gasteiger partial charge in [-0.3, -0.25) is 0 Å². The highest BCUT2D eigenvalue weighted by molar-refractivity contribution is 7.89. The van der Waals surface area contributed by atoms with Gasteiger partial charge in [0.1, 0.15) is 4.90 Å². The topological polar surface area (TPSA) is 66.6 Å². The molecule has 2 rings (SSSR count). The summed E-state index contributed by atoms with van der Waals surface area (Å²) in [6, 6.07) is 3.28. The molecule has 0 aromatic heterocycles. The lowest BCUT2D eigenvalue weighted by Crippen LogP contribution is -2.44. The Morgan fingerprint density at radius 3 is 2.33 bits per heavy atom. The molecule has 0 aliphatic carbocycles. The van der Waals surface area contributed by atoms with E-state index in [1.54, 1.807) is 0 Å². The van der Waals surface area contributed by atoms with Crippen LogP contribution in [0.15, 0.2) is 17.0 Å². The minimum absolute atomic E-state index is 0.00256. The molecular formula is C13H19Cl2N3O2S. The third-order valence-electron chi connectivity index (χ3n) is 3.86. The van der Waals surface area contributed by atoms with Gasteiger partial charge in [0.25, 0.3) is 0 Å². The summed E-state index contributed by atoms with van der Waals surface area (Å²) in [7, 11) is 0.374. The van der Waals surface area contributed by atoms with E-state index in [0.717, 1.165) is 12.8 Å². The quantitative estimate of drug-likeness (QED) is 0.848. The van der Waals surface area contributed by atoms with Crippen molar-refractivity contribution in [1.82, 2.24) is 9.21 Å². The monoisotopic (exact) mass is 351 g/mol. The number of rotatable bonds is 3. The zero-order chi connectivity index (χ0) is 15.8. The molecule has 1 aliphatic heterocycles. The Hall–Kier alpha value is -0.530. The number of benzene rings is 1. The predicted molar refractivity (Wildman–Crippen MR) is 86.3 cm³/mol. The van der Waals surface area contributed by atoms with Gasteiger partial charge in [0, 0.05) is 19.1 Å². The van der Waals surface area contributed by atoms with Crippen molar-refractivity contribution in [1.29, 1.82) is 0 Å². The molecule has 1 aromatic rings. The summed E-state index contributed by atoms with van der Waals surface area (Å²) in [5.41, 5.74) is 5.82. The molecule has 0 bridgehead atoms. The Labute approximate surface area is 135 Å². The zero-order valence-electron chi connectivity index (χ0n) is 12.0. The predicted octanol–water partition coefficient (Wildman–Crippen LogP) is 2.29. The molecule has 1 aliphatic rings. The fraction of sp³-hybridized carbons (Fsp3) is 0.538. The molecule has 0 saturated carbocycles. The molecule has 0 amide bonds. The van der Waals surface area contributed by atoms with Crippen LogP contribution in [0.3, 0.4) is 0 Å². The molecule has 0 radical (unpaired) electrons. The fourth-order valence-corrected chi connectivity index (χ4v) is 4.70. The number of anilines is 1. The number of nitrogens with zero attached hydrogens (tertiary/aromatic N) is 2. The van der Waals surface area contributed by atoms with E-state index in [1.807, 2.05) is 14.1 Å². The van der Waals surface area contributed by atoms with Gasteiger partial charge >= 0.3 is 0 Å². The minimum Gasteiger partial charge on any atom is -0.396 e. The van der Waals surface area contributed by atoms with E-state index in [9.17, 15) is 8.42 Å². The smallest absolute Gasteiger partial charge is 0.244 e. The normalized spacial score (nSPS) is 18.3. The first-order valence-electron chi connectivity index (χ1n) is 6.65. The first-order chi connectivity index (χ1) is 9.75. The van der Waals surface area contributed by atoms with Crippen molar-refractivity contribution in [2.45, 2.75) is 23.8 Å². The molecular weight excluding hydrogens is 333 g/mol. The van der Waals surface area contributed by atoms with Crippen molar-refractivity contribution in [3.8, 4) is 0 Å². The first-order valence-corrected chi connectivity index (χ1v) is 8.84. The molecule has 118 valence electrons. The number of hydrogen-bond donors (Lipinski definition) is 1. The van der Waals surface area contributed by atoms with E-state index in [0.29, 0.717) is 19.1 Å². The van der Waals surface area contributed by atoms with Crippen LogP contribution < -0.4 is 5.73 Å². The van der Waals surface area contributed by atoms with Crippen molar-refractivity contribution in [2.24, 2.45) is 0 Å². The Morgan fingerprint density at radius 1 is 1.24 bits per heavy atom. The molecule has 1 fully saturated rings. The average Bonchev–Trinajstić information content (AvgIpc) is 2.44. The van der Waals surface area contributed by atoms with E-state index < -0.39 is 10.0 Å². The molecule has 1 aromatic carbocycles. The average molecular weight is 352 g/mol. The Bertz CT molecular complexity index is 627. The highest BCUT2D eigenvalue weighted by Crippen LogP contribution is 2.35. The van der Waals surface area contributed by atoms with Crippen molar-refractivity contribution < 1.29 is 8.42 Å². The van der Waals surface area contributed by atoms with Crippen LogP contribution in [0.1, 0.15) is 12.8 Å². The van der Waals surface area contributed by atoms with Crippen LogP contribution in [-0.4, -0.2) is 50.8 Å². The van der Waals surface area contributed by atoms with Gasteiger partial charge < -0.3 is 10.6 Å². The lowest BCUT2D eigenvalue weighted by molar-refractivity contribution is 0.196. The van der Waals surface area contributed by atoms with Crippen LogP contribution in [0.2, 0.25) is 10.0 Å². The second-order valence-corrected chi connectivity index (χ2v) is 8.06. The van der Waals surface area contributed by atoms with E-state index in [-0.39, 0.29) is 20.6 Å². The minimum atomic E-state index is -3.64. The van der Waals surface area contributed by atoms with Crippen LogP contribution in [0.5, 0.6) is 0 Å². The van der Waals surface area contributed by atoms with Crippen molar-refractivity contribution in [3.63, 3.8) is 0 Å². The molecule has 8 heteroatoms. The molecule has 0 unspecified atom stereocenters. The summed E-state index contributed by atoms with van der Waals surface area (Å²) in [5, 5.41) is 0.252. The van der Waals surface area contributed by atoms with Crippen LogP contribution in [0.4, 0.5) is 5.69 Å². The molecule has 21 heavy (non-hydrogen) atoms. The van der Waals surface area contributed by atoms with Gasteiger partial charge in [-0.1, -0.05) is 23.2 Å². The molecule has 1 saturated heterocycles. The van der Waals surface area contributed by atoms with Gasteiger partial charge in [-0.15, -0.1) is 0 Å². The molecule has 5 nitrogen and oxygen atoms in total. The molecule has 2 N–H and O–H groups in total. The third-order valence-corrected chi connectivity index (χ3v) is 6.65. The molecule has 1 heterocycles. The van der Waals surface area contributed by atoms with Gasteiger partial charge in [-0.25, -0.2) is 8.42 Å². The summed E-state index contributed by atoms with van der Waals surface area (Å²) in [4.78, 5) is 2.14. The third kappa shape index (κ3) is 3.29. The number of piperidine rings is 1. The van der Waals surface area contributed by atoms with Crippen molar-refractivity contribution in [3.05, 3.63) is 22.2 Å². The number of halogens is 2. The summed E-state index contributed by atoms with van der Waals surface area (Å²) in [6.45, 7) is 0.952. The highest BCUT2D eigenvalue weighted by atomic mass is 35.5. The van der Waals surface area contributed by atoms with Gasteiger partial charge in [0.05, 0.1) is 15.7 Å². The maximum atomic E-state index is 12.7. The molecule has 0 spiro atoms. The van der Waals surface area contributed by atoms with Gasteiger partial charge in [0.2, 0.25) is 10.0 Å². The Balaban J connectivity index is 2.26. The highest BCUT2D eigenvalue weighted by Gasteiger charge is 2.32. The second kappa shape index (κ2) is 6.30. The number of nitrogens with two attached hydrogens (primary N) is 1. The van der Waals surface area contributed by atoms with Crippen LogP contribution in [0, 0.1) is 0 Å². The zero-order valence-corrected chi connectivity index (χ0v) is 14.3. The number of sulfonamides is 1. The maximum Gasteiger partial charge on any atom is 0.244 e.